The lowest BCUT2D eigenvalue weighted by Gasteiger charge is -2.25. The molecule has 7 N–H and O–H groups in total. The van der Waals surface area contributed by atoms with Crippen LogP contribution in [0.25, 0.3) is 22.1 Å². The second-order valence-electron chi connectivity index (χ2n) is 15.9. The molecule has 0 aliphatic carbocycles. The highest BCUT2D eigenvalue weighted by atomic mass is 16.5. The number of allylic oxidation sites excluding steroid dienone is 1. The average molecular weight is 905 g/mol. The highest BCUT2D eigenvalue weighted by Crippen LogP contribution is 2.38. The van der Waals surface area contributed by atoms with Gasteiger partial charge in [0, 0.05) is 50.4 Å². The number of primary amides is 2. The number of nitrogens with zero attached hydrogens (tertiary/aromatic N) is 9. The number of carbonyl (C=O) groups excluding carboxylic acids is 5. The van der Waals surface area contributed by atoms with Gasteiger partial charge in [0.15, 0.2) is 0 Å². The number of fused-ring (bicyclic) bond motifs is 1. The summed E-state index contributed by atoms with van der Waals surface area (Å²) < 4.78 is 24.6. The lowest BCUT2D eigenvalue weighted by atomic mass is 10.1. The van der Waals surface area contributed by atoms with Crippen LogP contribution in [0, 0.1) is 13.8 Å². The molecule has 6 heterocycles. The third-order valence-corrected chi connectivity index (χ3v) is 11.2. The van der Waals surface area contributed by atoms with Crippen molar-refractivity contribution in [1.29, 1.82) is 0 Å². The number of hydrogen-bond donors (Lipinski definition) is 5. The molecule has 0 spiro atoms. The van der Waals surface area contributed by atoms with E-state index in [-0.39, 0.29) is 61.0 Å². The highest BCUT2D eigenvalue weighted by molar-refractivity contribution is 6.05. The third kappa shape index (κ3) is 9.45. The van der Waals surface area contributed by atoms with Crippen LogP contribution in [-0.2, 0) is 29.2 Å². The molecule has 0 saturated carbocycles. The van der Waals surface area contributed by atoms with Crippen molar-refractivity contribution in [3.63, 3.8) is 0 Å². The van der Waals surface area contributed by atoms with Crippen LogP contribution in [0.3, 0.4) is 0 Å². The highest BCUT2D eigenvalue weighted by Gasteiger charge is 2.29. The largest absolute Gasteiger partial charge is 0.491 e. The van der Waals surface area contributed by atoms with Crippen molar-refractivity contribution in [2.75, 3.05) is 63.2 Å². The van der Waals surface area contributed by atoms with Crippen molar-refractivity contribution in [1.82, 2.24) is 48.9 Å². The molecule has 1 saturated heterocycles. The Morgan fingerprint density at radius 3 is 2.06 bits per heavy atom. The minimum Gasteiger partial charge on any atom is -0.491 e. The molecule has 1 fully saturated rings. The van der Waals surface area contributed by atoms with Gasteiger partial charge in [-0.2, -0.15) is 10.2 Å². The first-order valence-electron chi connectivity index (χ1n) is 21.7. The number of carbonyl (C=O) groups is 5. The van der Waals surface area contributed by atoms with Crippen molar-refractivity contribution in [2.24, 2.45) is 11.5 Å². The predicted molar refractivity (Wildman–Crippen MR) is 242 cm³/mol. The van der Waals surface area contributed by atoms with Crippen LogP contribution in [0.2, 0.25) is 0 Å². The third-order valence-electron chi connectivity index (χ3n) is 11.2. The number of ether oxygens (including phenoxy) is 3. The second kappa shape index (κ2) is 19.3. The summed E-state index contributed by atoms with van der Waals surface area (Å²) in [5, 5.41) is 17.7. The molecule has 5 amide bonds. The molecular weight excluding hydrogens is 853 g/mol. The Kier molecular flexibility index (Phi) is 13.1. The molecule has 0 unspecified atom stereocenters. The van der Waals surface area contributed by atoms with Crippen molar-refractivity contribution in [3.8, 4) is 11.5 Å². The van der Waals surface area contributed by atoms with Gasteiger partial charge in [-0.05, 0) is 70.5 Å². The van der Waals surface area contributed by atoms with Crippen LogP contribution >= 0.6 is 0 Å². The molecule has 346 valence electrons. The summed E-state index contributed by atoms with van der Waals surface area (Å²) in [4.78, 5) is 76.7. The van der Waals surface area contributed by atoms with Gasteiger partial charge in [-0.3, -0.25) is 53.4 Å². The first-order valence-corrected chi connectivity index (χ1v) is 21.7. The van der Waals surface area contributed by atoms with Gasteiger partial charge in [-0.25, -0.2) is 9.97 Å². The van der Waals surface area contributed by atoms with Gasteiger partial charge in [0.05, 0.1) is 54.8 Å². The molecular formula is C44H52N14O8. The number of nitrogens with two attached hydrogens (primary N) is 2. The Labute approximate surface area is 378 Å². The fourth-order valence-electron chi connectivity index (χ4n) is 8.10. The molecule has 66 heavy (non-hydrogen) atoms. The molecule has 22 heteroatoms. The van der Waals surface area contributed by atoms with Crippen LogP contribution in [0.5, 0.6) is 11.5 Å². The van der Waals surface area contributed by atoms with Crippen LogP contribution in [0.4, 0.5) is 11.9 Å². The maximum absolute atomic E-state index is 13.9. The molecule has 2 aliphatic rings. The van der Waals surface area contributed by atoms with E-state index >= 15 is 0 Å². The Morgan fingerprint density at radius 1 is 0.818 bits per heavy atom. The van der Waals surface area contributed by atoms with E-state index in [1.807, 2.05) is 35.5 Å². The van der Waals surface area contributed by atoms with Crippen molar-refractivity contribution < 1.29 is 38.2 Å². The van der Waals surface area contributed by atoms with Crippen molar-refractivity contribution in [2.45, 2.75) is 59.8 Å². The fraction of sp³-hybridized carbons (Fsp3) is 0.386. The zero-order chi connectivity index (χ0) is 46.6. The summed E-state index contributed by atoms with van der Waals surface area (Å²) in [6, 6.07) is 8.97. The molecule has 0 radical (unpaired) electrons. The Balaban J connectivity index is 1.12. The average Bonchev–Trinajstić information content (AvgIpc) is 4.07. The van der Waals surface area contributed by atoms with E-state index in [1.54, 1.807) is 52.0 Å². The summed E-state index contributed by atoms with van der Waals surface area (Å²) in [6.45, 7) is 11.8. The van der Waals surface area contributed by atoms with Gasteiger partial charge in [0.2, 0.25) is 29.6 Å². The number of aryl methyl sites for hydroxylation is 4. The Hall–Kier alpha value is -7.59. The van der Waals surface area contributed by atoms with Gasteiger partial charge >= 0.3 is 0 Å². The molecule has 22 nitrogen and oxygen atoms in total. The Bertz CT molecular complexity index is 2880. The van der Waals surface area contributed by atoms with Crippen LogP contribution in [-0.4, -0.2) is 126 Å². The molecule has 2 aromatic carbocycles. The standard InChI is InChI=1S/C44H52N14O8/c1-5-56-32(17-25(3)52-56)41(62)50-43-48-30-19-27(39(45)60)21-34(65-14-8-10-47-36(59)23-54-12-15-64-16-13-54)37(30)55(43)11-7-9-29-24-66-35-22-28(40(46)61)20-31-38(35)58(29)44(49-31)51-42(63)33-18-26(4)53-57(33)6-2/h7,9,17-22,29H,5-6,8,10-16,23-24H2,1-4H3,(H2,45,60)(H2,46,61)(H,47,59)(H,48,50,62)(H,49,51,63)/b9-7+/t29-/m0/s1. The van der Waals surface area contributed by atoms with Crippen LogP contribution < -0.4 is 36.9 Å². The first kappa shape index (κ1) is 45.0. The van der Waals surface area contributed by atoms with Gasteiger partial charge in [0.25, 0.3) is 11.8 Å². The van der Waals surface area contributed by atoms with E-state index in [1.165, 1.54) is 12.1 Å². The summed E-state index contributed by atoms with van der Waals surface area (Å²) >= 11 is 0. The first-order chi connectivity index (χ1) is 31.8. The number of aromatic nitrogens is 8. The van der Waals surface area contributed by atoms with E-state index < -0.39 is 29.7 Å². The lowest BCUT2D eigenvalue weighted by molar-refractivity contribution is -0.123. The topological polar surface area (TPSA) is 276 Å². The number of benzene rings is 2. The molecule has 4 aromatic heterocycles. The van der Waals surface area contributed by atoms with Crippen molar-refractivity contribution in [3.05, 3.63) is 82.5 Å². The monoisotopic (exact) mass is 904 g/mol. The van der Waals surface area contributed by atoms with E-state index in [2.05, 4.69) is 26.1 Å². The fourth-order valence-corrected chi connectivity index (χ4v) is 8.10. The number of morpholine rings is 1. The molecule has 0 bridgehead atoms. The number of imidazole rings is 2. The van der Waals surface area contributed by atoms with E-state index in [0.29, 0.717) is 103 Å². The summed E-state index contributed by atoms with van der Waals surface area (Å²) in [7, 11) is 0. The van der Waals surface area contributed by atoms with E-state index in [4.69, 9.17) is 35.6 Å². The zero-order valence-corrected chi connectivity index (χ0v) is 37.1. The number of rotatable bonds is 18. The number of hydrogen-bond acceptors (Lipinski definition) is 13. The Morgan fingerprint density at radius 2 is 1.42 bits per heavy atom. The smallest absolute Gasteiger partial charge is 0.276 e. The molecule has 8 rings (SSSR count). The zero-order valence-electron chi connectivity index (χ0n) is 37.1. The van der Waals surface area contributed by atoms with E-state index in [9.17, 15) is 24.0 Å². The maximum Gasteiger partial charge on any atom is 0.276 e. The minimum atomic E-state index is -0.705. The molecule has 1 atom stereocenters. The quantitative estimate of drug-likeness (QED) is 0.0614. The molecule has 6 aromatic rings. The van der Waals surface area contributed by atoms with Crippen LogP contribution in [0.15, 0.2) is 48.6 Å². The van der Waals surface area contributed by atoms with Gasteiger partial charge in [-0.1, -0.05) is 12.2 Å². The van der Waals surface area contributed by atoms with Gasteiger partial charge in [0.1, 0.15) is 40.5 Å². The predicted octanol–water partition coefficient (Wildman–Crippen LogP) is 2.55. The second-order valence-corrected chi connectivity index (χ2v) is 15.9. The van der Waals surface area contributed by atoms with Gasteiger partial charge in [-0.15, -0.1) is 0 Å². The minimum absolute atomic E-state index is 0.0833. The van der Waals surface area contributed by atoms with Crippen molar-refractivity contribution >= 4 is 63.5 Å². The number of anilines is 2. The maximum atomic E-state index is 13.9. The number of amides is 5. The summed E-state index contributed by atoms with van der Waals surface area (Å²) in [6.07, 6.45) is 4.15. The molecule has 2 aliphatic heterocycles. The number of nitrogens with one attached hydrogen (secondary N) is 3. The lowest BCUT2D eigenvalue weighted by Crippen LogP contribution is -2.43. The van der Waals surface area contributed by atoms with Gasteiger partial charge < -0.3 is 35.6 Å². The summed E-state index contributed by atoms with van der Waals surface area (Å²) in [5.74, 6) is -1.38. The SMILES string of the molecule is CCn1nc(C)cc1C(=O)Nc1nc2cc(C(N)=O)cc(OCCCNC(=O)CN3CCOCC3)c2n1C/C=C/[C@H]1COc2cc(C(N)=O)cc3nc(NC(=O)c4cc(C)nn4CC)n1c23. The van der Waals surface area contributed by atoms with E-state index in [0.717, 1.165) is 0 Å². The van der Waals surface area contributed by atoms with Crippen LogP contribution in [0.1, 0.15) is 79.4 Å². The normalized spacial score (nSPS) is 15.0. The summed E-state index contributed by atoms with van der Waals surface area (Å²) in [5.41, 5.74) is 15.5.